The Morgan fingerprint density at radius 2 is 0.481 bits per heavy atom. The summed E-state index contributed by atoms with van der Waals surface area (Å²) in [6, 6.07) is 28.5. The molecule has 0 saturated heterocycles. The summed E-state index contributed by atoms with van der Waals surface area (Å²) in [6.45, 7) is 13.6. The fourth-order valence-electron chi connectivity index (χ4n) is 4.58. The number of alkyl halides is 4. The summed E-state index contributed by atoms with van der Waals surface area (Å²) in [7, 11) is 0. The third-order valence-electron chi connectivity index (χ3n) is 7.61. The van der Waals surface area contributed by atoms with Gasteiger partial charge in [-0.05, 0) is 137 Å². The van der Waals surface area contributed by atoms with E-state index in [1.807, 2.05) is 48.5 Å². The molecule has 0 bridgehead atoms. The summed E-state index contributed by atoms with van der Waals surface area (Å²) in [4.78, 5) is 50.5. The van der Waals surface area contributed by atoms with E-state index in [4.69, 9.17) is 18.9 Å². The second kappa shape index (κ2) is 17.1. The molecule has 12 heteroatoms. The van der Waals surface area contributed by atoms with Crippen molar-refractivity contribution in [1.82, 2.24) is 0 Å². The smallest absolute Gasteiger partial charge is 0.327 e. The molecule has 54 heavy (non-hydrogen) atoms. The molecule has 0 amide bonds. The Hall–Kier alpha value is -3.58. The van der Waals surface area contributed by atoms with Gasteiger partial charge in [0.25, 0.3) is 0 Å². The maximum absolute atomic E-state index is 12.6. The van der Waals surface area contributed by atoms with Crippen LogP contribution >= 0.6 is 63.7 Å². The average Bonchev–Trinajstić information content (AvgIpc) is 3.07. The first-order chi connectivity index (χ1) is 24.9. The van der Waals surface area contributed by atoms with Crippen molar-refractivity contribution in [3.8, 4) is 23.0 Å². The van der Waals surface area contributed by atoms with Crippen LogP contribution in [0.2, 0.25) is 0 Å². The van der Waals surface area contributed by atoms with E-state index in [1.165, 1.54) is 0 Å². The first-order valence-electron chi connectivity index (χ1n) is 16.7. The van der Waals surface area contributed by atoms with E-state index in [2.05, 4.69) is 63.7 Å². The molecule has 8 nitrogen and oxygen atoms in total. The Labute approximate surface area is 349 Å². The minimum absolute atomic E-state index is 0.360. The Bertz CT molecular complexity index is 1730. The van der Waals surface area contributed by atoms with Gasteiger partial charge in [0.2, 0.25) is 0 Å². The van der Waals surface area contributed by atoms with Crippen molar-refractivity contribution >= 4 is 98.7 Å². The normalized spacial score (nSPS) is 12.0. The summed E-state index contributed by atoms with van der Waals surface area (Å²) in [6.07, 6.45) is 0. The Balaban J connectivity index is 1.94. The van der Waals surface area contributed by atoms with Crippen LogP contribution in [0.1, 0.15) is 77.6 Å². The first-order valence-corrected chi connectivity index (χ1v) is 19.9. The lowest BCUT2D eigenvalue weighted by Crippen LogP contribution is -2.29. The number of hydrogen-bond acceptors (Lipinski definition) is 8. The molecule has 0 heterocycles. The first kappa shape index (κ1) is 43.2. The molecule has 0 aromatic heterocycles. The number of hydrogen-bond donors (Lipinski definition) is 0. The predicted octanol–water partition coefficient (Wildman–Crippen LogP) is 11.0. The van der Waals surface area contributed by atoms with E-state index in [0.717, 1.165) is 33.4 Å². The molecule has 284 valence electrons. The van der Waals surface area contributed by atoms with E-state index in [-0.39, 0.29) is 0 Å². The van der Waals surface area contributed by atoms with Gasteiger partial charge in [-0.25, -0.2) is 0 Å². The van der Waals surface area contributed by atoms with Gasteiger partial charge in [-0.15, -0.1) is 0 Å². The van der Waals surface area contributed by atoms with Crippen molar-refractivity contribution in [3.63, 3.8) is 0 Å². The van der Waals surface area contributed by atoms with Gasteiger partial charge in [-0.1, -0.05) is 112 Å². The number of benzene rings is 4. The van der Waals surface area contributed by atoms with Crippen LogP contribution < -0.4 is 18.9 Å². The van der Waals surface area contributed by atoms with Gasteiger partial charge >= 0.3 is 23.9 Å². The summed E-state index contributed by atoms with van der Waals surface area (Å²) in [5.74, 6) is -0.351. The van der Waals surface area contributed by atoms with Crippen LogP contribution in [0.4, 0.5) is 0 Å². The van der Waals surface area contributed by atoms with Crippen LogP contribution in [0, 0.1) is 0 Å². The summed E-state index contributed by atoms with van der Waals surface area (Å²) >= 11 is 13.4. The zero-order valence-electron chi connectivity index (χ0n) is 31.0. The van der Waals surface area contributed by atoms with Gasteiger partial charge in [0.15, 0.2) is 0 Å². The van der Waals surface area contributed by atoms with Gasteiger partial charge in [0.1, 0.15) is 40.3 Å². The SMILES string of the molecule is CC(C)(Br)C(=O)Oc1ccc(C(=C(c2ccc(OC(=O)C(C)(C)Br)cc2)c2ccc(OC(=O)C(C)(C)Br)cc2)c2ccc(OC(=O)C(C)(C)Br)cc2)cc1. The Morgan fingerprint density at radius 3 is 0.611 bits per heavy atom. The monoisotopic (exact) mass is 988 g/mol. The molecule has 0 aliphatic carbocycles. The van der Waals surface area contributed by atoms with Gasteiger partial charge < -0.3 is 18.9 Å². The fraction of sp³-hybridized carbons (Fsp3) is 0.286. The third-order valence-corrected chi connectivity index (χ3v) is 8.90. The maximum atomic E-state index is 12.6. The number of carbonyl (C=O) groups excluding carboxylic acids is 4. The molecule has 4 rings (SSSR count). The minimum atomic E-state index is -0.880. The zero-order chi connectivity index (χ0) is 40.2. The molecule has 0 N–H and O–H groups in total. The molecule has 4 aromatic rings. The second-order valence-electron chi connectivity index (χ2n) is 14.3. The largest absolute Gasteiger partial charge is 0.426 e. The van der Waals surface area contributed by atoms with Crippen LogP contribution in [-0.4, -0.2) is 41.2 Å². The molecule has 0 saturated carbocycles. The summed E-state index contributed by atoms with van der Waals surface area (Å²) < 4.78 is 19.0. The highest BCUT2D eigenvalue weighted by Crippen LogP contribution is 2.39. The quantitative estimate of drug-likeness (QED) is 0.0598. The predicted molar refractivity (Wildman–Crippen MR) is 225 cm³/mol. The van der Waals surface area contributed by atoms with Gasteiger partial charge in [0.05, 0.1) is 0 Å². The standard InChI is InChI=1S/C42H40Br4O8/c1-39(2,43)35(47)51-29-17-9-25(10-18-29)33(26-11-19-30(20-12-26)52-36(48)40(3,4)44)34(27-13-21-31(22-14-27)53-37(49)41(5,6)45)28-15-23-32(24-16-28)54-38(50)42(7,8)46/h9-24H,1-8H3. The highest BCUT2D eigenvalue weighted by atomic mass is 79.9. The number of halogens is 4. The molecule has 0 atom stereocenters. The lowest BCUT2D eigenvalue weighted by molar-refractivity contribution is -0.136. The number of rotatable bonds is 12. The zero-order valence-corrected chi connectivity index (χ0v) is 37.4. The van der Waals surface area contributed by atoms with Crippen molar-refractivity contribution in [2.75, 3.05) is 0 Å². The third kappa shape index (κ3) is 11.7. The van der Waals surface area contributed by atoms with Gasteiger partial charge in [-0.2, -0.15) is 0 Å². The van der Waals surface area contributed by atoms with Crippen LogP contribution in [0.5, 0.6) is 23.0 Å². The Morgan fingerprint density at radius 1 is 0.333 bits per heavy atom. The summed E-state index contributed by atoms with van der Waals surface area (Å²) in [5.41, 5.74) is 4.60. The topological polar surface area (TPSA) is 105 Å². The second-order valence-corrected chi connectivity index (χ2v) is 22.2. The molecule has 4 aromatic carbocycles. The van der Waals surface area contributed by atoms with Crippen LogP contribution in [-0.2, 0) is 19.2 Å². The molecule has 0 radical (unpaired) electrons. The van der Waals surface area contributed by atoms with Crippen molar-refractivity contribution in [3.05, 3.63) is 119 Å². The van der Waals surface area contributed by atoms with Crippen LogP contribution in [0.3, 0.4) is 0 Å². The molecular weight excluding hydrogens is 952 g/mol. The molecule has 0 fully saturated rings. The average molecular weight is 992 g/mol. The lowest BCUT2D eigenvalue weighted by atomic mass is 9.85. The molecule has 0 spiro atoms. The van der Waals surface area contributed by atoms with Crippen LogP contribution in [0.15, 0.2) is 97.1 Å². The van der Waals surface area contributed by atoms with E-state index in [0.29, 0.717) is 23.0 Å². The molecule has 0 aliphatic heterocycles. The van der Waals surface area contributed by atoms with Crippen molar-refractivity contribution in [1.29, 1.82) is 0 Å². The van der Waals surface area contributed by atoms with E-state index in [9.17, 15) is 19.2 Å². The lowest BCUT2D eigenvalue weighted by Gasteiger charge is -2.20. The van der Waals surface area contributed by atoms with Crippen molar-refractivity contribution < 1.29 is 38.1 Å². The Kier molecular flexibility index (Phi) is 13.6. The minimum Gasteiger partial charge on any atom is -0.426 e. The van der Waals surface area contributed by atoms with Crippen molar-refractivity contribution in [2.45, 2.75) is 72.7 Å². The molecule has 0 unspecified atom stereocenters. The fourth-order valence-corrected chi connectivity index (χ4v) is 4.91. The molecular formula is C42H40Br4O8. The van der Waals surface area contributed by atoms with Gasteiger partial charge in [-0.3, -0.25) is 19.2 Å². The highest BCUT2D eigenvalue weighted by Gasteiger charge is 2.29. The van der Waals surface area contributed by atoms with Crippen molar-refractivity contribution in [2.24, 2.45) is 0 Å². The number of ether oxygens (including phenoxy) is 4. The van der Waals surface area contributed by atoms with Crippen LogP contribution in [0.25, 0.3) is 11.1 Å². The maximum Gasteiger partial charge on any atom is 0.327 e. The number of carbonyl (C=O) groups is 4. The summed E-state index contributed by atoms with van der Waals surface area (Å²) in [5, 5.41) is 0. The van der Waals surface area contributed by atoms with E-state index in [1.54, 1.807) is 104 Å². The van der Waals surface area contributed by atoms with E-state index >= 15 is 0 Å². The van der Waals surface area contributed by atoms with E-state index < -0.39 is 41.2 Å². The van der Waals surface area contributed by atoms with Gasteiger partial charge in [0, 0.05) is 0 Å². The highest BCUT2D eigenvalue weighted by molar-refractivity contribution is 9.10. The molecule has 0 aliphatic rings. The number of esters is 4.